The average Bonchev–Trinajstić information content (AvgIpc) is 2.66. The SMILES string of the molecule is CCOC(=O)C(C)Sc1nnc(CN)o1. The van der Waals surface area contributed by atoms with Crippen molar-refractivity contribution in [2.24, 2.45) is 5.73 Å². The molecule has 0 saturated heterocycles. The predicted octanol–water partition coefficient (Wildman–Crippen LogP) is 0.572. The first kappa shape index (κ1) is 12.0. The fraction of sp³-hybridized carbons (Fsp3) is 0.625. The Morgan fingerprint density at radius 2 is 2.40 bits per heavy atom. The number of esters is 1. The van der Waals surface area contributed by atoms with Crippen molar-refractivity contribution in [3.05, 3.63) is 5.89 Å². The van der Waals surface area contributed by atoms with Crippen molar-refractivity contribution in [1.82, 2.24) is 10.2 Å². The van der Waals surface area contributed by atoms with Gasteiger partial charge in [-0.05, 0) is 13.8 Å². The van der Waals surface area contributed by atoms with Crippen LogP contribution in [0.2, 0.25) is 0 Å². The molecule has 0 saturated carbocycles. The van der Waals surface area contributed by atoms with Crippen molar-refractivity contribution in [2.75, 3.05) is 6.61 Å². The molecule has 84 valence electrons. The molecule has 0 spiro atoms. The molecule has 6 nitrogen and oxygen atoms in total. The summed E-state index contributed by atoms with van der Waals surface area (Å²) in [6, 6.07) is 0. The van der Waals surface area contributed by atoms with E-state index >= 15 is 0 Å². The van der Waals surface area contributed by atoms with Crippen molar-refractivity contribution in [1.29, 1.82) is 0 Å². The Morgan fingerprint density at radius 1 is 1.67 bits per heavy atom. The van der Waals surface area contributed by atoms with E-state index in [1.165, 1.54) is 0 Å². The highest BCUT2D eigenvalue weighted by Gasteiger charge is 2.18. The van der Waals surface area contributed by atoms with Crippen LogP contribution in [-0.4, -0.2) is 28.0 Å². The van der Waals surface area contributed by atoms with E-state index in [9.17, 15) is 4.79 Å². The zero-order valence-electron chi connectivity index (χ0n) is 8.60. The maximum Gasteiger partial charge on any atom is 0.319 e. The van der Waals surface area contributed by atoms with Gasteiger partial charge < -0.3 is 14.9 Å². The number of hydrogen-bond donors (Lipinski definition) is 1. The highest BCUT2D eigenvalue weighted by molar-refractivity contribution is 8.00. The molecule has 0 aliphatic heterocycles. The second kappa shape index (κ2) is 5.72. The Labute approximate surface area is 91.6 Å². The standard InChI is InChI=1S/C8H13N3O3S/c1-3-13-7(12)5(2)15-8-11-10-6(4-9)14-8/h5H,3-4,9H2,1-2H3. The maximum atomic E-state index is 11.3. The Balaban J connectivity index is 2.50. The van der Waals surface area contributed by atoms with Crippen molar-refractivity contribution >= 4 is 17.7 Å². The molecule has 0 fully saturated rings. The molecule has 1 aromatic heterocycles. The molecule has 0 aliphatic rings. The number of carbonyl (C=O) groups excluding carboxylic acids is 1. The van der Waals surface area contributed by atoms with Crippen LogP contribution in [0.3, 0.4) is 0 Å². The summed E-state index contributed by atoms with van der Waals surface area (Å²) in [7, 11) is 0. The van der Waals surface area contributed by atoms with E-state index in [4.69, 9.17) is 14.9 Å². The zero-order valence-corrected chi connectivity index (χ0v) is 9.41. The maximum absolute atomic E-state index is 11.3. The number of carbonyl (C=O) groups is 1. The first-order chi connectivity index (χ1) is 7.17. The highest BCUT2D eigenvalue weighted by atomic mass is 32.2. The molecule has 0 bridgehead atoms. The molecule has 1 atom stereocenters. The number of aromatic nitrogens is 2. The van der Waals surface area contributed by atoms with Crippen LogP contribution in [-0.2, 0) is 16.1 Å². The summed E-state index contributed by atoms with van der Waals surface area (Å²) >= 11 is 1.16. The smallest absolute Gasteiger partial charge is 0.319 e. The van der Waals surface area contributed by atoms with Crippen molar-refractivity contribution in [3.8, 4) is 0 Å². The molecule has 2 N–H and O–H groups in total. The van der Waals surface area contributed by atoms with Gasteiger partial charge in [0.15, 0.2) is 0 Å². The first-order valence-electron chi connectivity index (χ1n) is 4.53. The number of ether oxygens (including phenoxy) is 1. The third-order valence-electron chi connectivity index (χ3n) is 1.52. The van der Waals surface area contributed by atoms with Crippen LogP contribution in [0.15, 0.2) is 9.64 Å². The normalized spacial score (nSPS) is 12.5. The van der Waals surface area contributed by atoms with Gasteiger partial charge in [0.25, 0.3) is 5.22 Å². The largest absolute Gasteiger partial charge is 0.465 e. The number of hydrogen-bond acceptors (Lipinski definition) is 7. The van der Waals surface area contributed by atoms with Crippen molar-refractivity contribution in [2.45, 2.75) is 30.9 Å². The average molecular weight is 231 g/mol. The van der Waals surface area contributed by atoms with Gasteiger partial charge in [0.2, 0.25) is 5.89 Å². The molecule has 0 radical (unpaired) electrons. The molecular formula is C8H13N3O3S. The van der Waals surface area contributed by atoms with E-state index in [0.29, 0.717) is 17.7 Å². The van der Waals surface area contributed by atoms with Gasteiger partial charge in [-0.2, -0.15) is 0 Å². The first-order valence-corrected chi connectivity index (χ1v) is 5.41. The molecule has 0 aromatic carbocycles. The molecule has 7 heteroatoms. The molecule has 1 heterocycles. The van der Waals surface area contributed by atoms with Crippen LogP contribution in [0.1, 0.15) is 19.7 Å². The molecule has 1 unspecified atom stereocenters. The van der Waals surface area contributed by atoms with Crippen LogP contribution >= 0.6 is 11.8 Å². The van der Waals surface area contributed by atoms with E-state index in [1.807, 2.05) is 0 Å². The van der Waals surface area contributed by atoms with Gasteiger partial charge in [0.05, 0.1) is 13.2 Å². The molecule has 1 rings (SSSR count). The summed E-state index contributed by atoms with van der Waals surface area (Å²) in [6.07, 6.45) is 0. The van der Waals surface area contributed by atoms with Gasteiger partial charge in [-0.3, -0.25) is 4.79 Å². The summed E-state index contributed by atoms with van der Waals surface area (Å²) < 4.78 is 9.97. The second-order valence-electron chi connectivity index (χ2n) is 2.68. The minimum absolute atomic E-state index is 0.196. The van der Waals surface area contributed by atoms with E-state index < -0.39 is 0 Å². The number of nitrogens with zero attached hydrogens (tertiary/aromatic N) is 2. The van der Waals surface area contributed by atoms with Crippen molar-refractivity contribution in [3.63, 3.8) is 0 Å². The van der Waals surface area contributed by atoms with Gasteiger partial charge in [-0.1, -0.05) is 11.8 Å². The third-order valence-corrected chi connectivity index (χ3v) is 2.43. The van der Waals surface area contributed by atoms with Gasteiger partial charge >= 0.3 is 5.97 Å². The predicted molar refractivity (Wildman–Crippen MR) is 54.1 cm³/mol. The minimum Gasteiger partial charge on any atom is -0.465 e. The molecule has 15 heavy (non-hydrogen) atoms. The topological polar surface area (TPSA) is 91.2 Å². The molecule has 0 amide bonds. The van der Waals surface area contributed by atoms with Gasteiger partial charge in [0, 0.05) is 0 Å². The highest BCUT2D eigenvalue weighted by Crippen LogP contribution is 2.22. The number of thioether (sulfide) groups is 1. The molecular weight excluding hydrogens is 218 g/mol. The van der Waals surface area contributed by atoms with E-state index in [0.717, 1.165) is 11.8 Å². The van der Waals surface area contributed by atoms with Crippen LogP contribution < -0.4 is 5.73 Å². The van der Waals surface area contributed by atoms with Crippen LogP contribution in [0, 0.1) is 0 Å². The van der Waals surface area contributed by atoms with Crippen LogP contribution in [0.25, 0.3) is 0 Å². The number of rotatable bonds is 5. The zero-order chi connectivity index (χ0) is 11.3. The quantitative estimate of drug-likeness (QED) is 0.585. The number of nitrogens with two attached hydrogens (primary N) is 1. The lowest BCUT2D eigenvalue weighted by Crippen LogP contribution is -2.16. The lowest BCUT2D eigenvalue weighted by atomic mass is 10.5. The molecule has 0 aliphatic carbocycles. The minimum atomic E-state index is -0.365. The fourth-order valence-electron chi connectivity index (χ4n) is 0.827. The summed E-state index contributed by atoms with van der Waals surface area (Å²) in [5.41, 5.74) is 5.30. The van der Waals surface area contributed by atoms with Gasteiger partial charge in [-0.25, -0.2) is 0 Å². The van der Waals surface area contributed by atoms with Crippen LogP contribution in [0.5, 0.6) is 0 Å². The van der Waals surface area contributed by atoms with Crippen LogP contribution in [0.4, 0.5) is 0 Å². The van der Waals surface area contributed by atoms with E-state index in [2.05, 4.69) is 10.2 Å². The summed E-state index contributed by atoms with van der Waals surface area (Å²) in [5, 5.41) is 7.37. The van der Waals surface area contributed by atoms with Gasteiger partial charge in [-0.15, -0.1) is 10.2 Å². The monoisotopic (exact) mass is 231 g/mol. The molecule has 1 aromatic rings. The summed E-state index contributed by atoms with van der Waals surface area (Å²) in [5.74, 6) is 0.0588. The van der Waals surface area contributed by atoms with Gasteiger partial charge in [0.1, 0.15) is 5.25 Å². The third kappa shape index (κ3) is 3.52. The Morgan fingerprint density at radius 3 is 2.93 bits per heavy atom. The fourth-order valence-corrected chi connectivity index (χ4v) is 1.53. The summed E-state index contributed by atoms with van der Waals surface area (Å²) in [6.45, 7) is 4.03. The Bertz CT molecular complexity index is 329. The Kier molecular flexibility index (Phi) is 4.57. The Hall–Kier alpha value is -1.08. The second-order valence-corrected chi connectivity index (χ2v) is 3.97. The lowest BCUT2D eigenvalue weighted by molar-refractivity contribution is -0.142. The lowest BCUT2D eigenvalue weighted by Gasteiger charge is -2.06. The summed E-state index contributed by atoms with van der Waals surface area (Å²) in [4.78, 5) is 11.3. The van der Waals surface area contributed by atoms with E-state index in [-0.39, 0.29) is 17.8 Å². The van der Waals surface area contributed by atoms with Crippen molar-refractivity contribution < 1.29 is 13.9 Å². The van der Waals surface area contributed by atoms with E-state index in [1.54, 1.807) is 13.8 Å².